The van der Waals surface area contributed by atoms with Crippen LogP contribution in [0, 0.1) is 0 Å². The molecule has 58 valence electrons. The Morgan fingerprint density at radius 3 is 2.55 bits per heavy atom. The minimum absolute atomic E-state index is 1.21. The molecule has 0 N–H and O–H groups in total. The van der Waals surface area contributed by atoms with Crippen molar-refractivity contribution in [2.24, 2.45) is 0 Å². The topological polar surface area (TPSA) is 0 Å². The first-order valence-electron chi connectivity index (χ1n) is 4.31. The number of hydrogen-bond donors (Lipinski definition) is 0. The molecule has 0 unspecified atom stereocenters. The molecule has 1 aromatic carbocycles. The van der Waals surface area contributed by atoms with Gasteiger partial charge in [-0.3, -0.25) is 12.7 Å². The smallest absolute Gasteiger partial charge is 0.0593 e. The molecule has 0 nitrogen and oxygen atoms in total. The predicted molar refractivity (Wildman–Crippen MR) is 51.5 cm³/mol. The Morgan fingerprint density at radius 1 is 1.18 bits per heavy atom. The summed E-state index contributed by atoms with van der Waals surface area (Å²) in [6.45, 7) is 2.22. The van der Waals surface area contributed by atoms with E-state index >= 15 is 0 Å². The molecule has 0 spiro atoms. The van der Waals surface area contributed by atoms with E-state index in [-0.39, 0.29) is 0 Å². The van der Waals surface area contributed by atoms with E-state index < -0.39 is 0 Å². The fourth-order valence-corrected chi connectivity index (χ4v) is 1.06. The Morgan fingerprint density at radius 2 is 1.91 bits per heavy atom. The van der Waals surface area contributed by atoms with Crippen LogP contribution in [0.4, 0.5) is 0 Å². The first kappa shape index (κ1) is 8.38. The van der Waals surface area contributed by atoms with Gasteiger partial charge in [0.25, 0.3) is 0 Å². The summed E-state index contributed by atoms with van der Waals surface area (Å²) in [6.07, 6.45) is 3.79. The number of hydrogen-bond acceptors (Lipinski definition) is 0. The number of unbranched alkanes of at least 4 members (excludes halogenated alkanes) is 1. The SMILES string of the molecule is CCCC[B-]c1ccccc1. The van der Waals surface area contributed by atoms with Gasteiger partial charge in [-0.25, -0.2) is 6.32 Å². The zero-order valence-electron chi connectivity index (χ0n) is 7.09. The summed E-state index contributed by atoms with van der Waals surface area (Å²) < 4.78 is 0. The first-order valence-corrected chi connectivity index (χ1v) is 4.31. The molecule has 2 radical (unpaired) electrons. The highest BCUT2D eigenvalue weighted by Gasteiger charge is 1.75. The maximum absolute atomic E-state index is 2.30. The van der Waals surface area contributed by atoms with Crippen molar-refractivity contribution in [2.45, 2.75) is 26.1 Å². The van der Waals surface area contributed by atoms with E-state index in [4.69, 9.17) is 0 Å². The van der Waals surface area contributed by atoms with E-state index in [0.717, 1.165) is 0 Å². The molecule has 0 bridgehead atoms. The van der Waals surface area contributed by atoms with Gasteiger partial charge in [0.2, 0.25) is 0 Å². The van der Waals surface area contributed by atoms with E-state index in [1.54, 1.807) is 0 Å². The number of benzene rings is 1. The summed E-state index contributed by atoms with van der Waals surface area (Å²) >= 11 is 0. The van der Waals surface area contributed by atoms with E-state index in [0.29, 0.717) is 0 Å². The third-order valence-corrected chi connectivity index (χ3v) is 1.74. The lowest BCUT2D eigenvalue weighted by atomic mass is 9.66. The highest BCUT2D eigenvalue weighted by molar-refractivity contribution is 6.53. The van der Waals surface area contributed by atoms with Gasteiger partial charge in [-0.1, -0.05) is 38.0 Å². The summed E-state index contributed by atoms with van der Waals surface area (Å²) in [5.41, 5.74) is 1.35. The molecular formula is C10H14B-. The number of rotatable bonds is 4. The van der Waals surface area contributed by atoms with Gasteiger partial charge in [-0.2, -0.15) is 0 Å². The molecule has 0 heterocycles. The van der Waals surface area contributed by atoms with Crippen molar-refractivity contribution >= 4 is 12.7 Å². The van der Waals surface area contributed by atoms with Gasteiger partial charge < -0.3 is 0 Å². The van der Waals surface area contributed by atoms with Crippen molar-refractivity contribution in [1.29, 1.82) is 0 Å². The molecule has 0 aliphatic heterocycles. The van der Waals surface area contributed by atoms with Crippen molar-refractivity contribution in [3.05, 3.63) is 30.3 Å². The van der Waals surface area contributed by atoms with Crippen molar-refractivity contribution in [3.63, 3.8) is 0 Å². The quantitative estimate of drug-likeness (QED) is 0.450. The Labute approximate surface area is 69.9 Å². The maximum atomic E-state index is 2.30. The molecule has 0 amide bonds. The van der Waals surface area contributed by atoms with Crippen molar-refractivity contribution in [1.82, 2.24) is 0 Å². The van der Waals surface area contributed by atoms with Crippen LogP contribution in [-0.4, -0.2) is 7.28 Å². The van der Waals surface area contributed by atoms with Gasteiger partial charge in [0.1, 0.15) is 0 Å². The van der Waals surface area contributed by atoms with Crippen molar-refractivity contribution < 1.29 is 0 Å². The van der Waals surface area contributed by atoms with Crippen LogP contribution in [0.5, 0.6) is 0 Å². The van der Waals surface area contributed by atoms with Gasteiger partial charge >= 0.3 is 0 Å². The largest absolute Gasteiger partial charge is 0.297 e. The highest BCUT2D eigenvalue weighted by atomic mass is 13.8. The second-order valence-electron chi connectivity index (χ2n) is 2.76. The molecule has 0 aliphatic rings. The molecule has 0 aliphatic carbocycles. The normalized spacial score (nSPS) is 9.91. The summed E-state index contributed by atoms with van der Waals surface area (Å²) in [7, 11) is 2.30. The lowest BCUT2D eigenvalue weighted by molar-refractivity contribution is 0.881. The van der Waals surface area contributed by atoms with Crippen LogP contribution in [0.25, 0.3) is 0 Å². The molecule has 0 saturated carbocycles. The third-order valence-electron chi connectivity index (χ3n) is 1.74. The lowest BCUT2D eigenvalue weighted by Gasteiger charge is -2.13. The summed E-state index contributed by atoms with van der Waals surface area (Å²) in [6, 6.07) is 10.5. The van der Waals surface area contributed by atoms with Crippen molar-refractivity contribution in [3.8, 4) is 0 Å². The average molecular weight is 145 g/mol. The van der Waals surface area contributed by atoms with Gasteiger partial charge in [0, 0.05) is 0 Å². The summed E-state index contributed by atoms with van der Waals surface area (Å²) in [4.78, 5) is 0. The Hall–Kier alpha value is -0.715. The molecule has 0 aromatic heterocycles. The van der Waals surface area contributed by atoms with Gasteiger partial charge in [-0.15, -0.1) is 12.1 Å². The highest BCUT2D eigenvalue weighted by Crippen LogP contribution is 1.93. The monoisotopic (exact) mass is 145 g/mol. The summed E-state index contributed by atoms with van der Waals surface area (Å²) in [5.74, 6) is 0. The first-order chi connectivity index (χ1) is 5.43. The van der Waals surface area contributed by atoms with Crippen LogP contribution < -0.4 is 5.46 Å². The Balaban J connectivity index is 2.28. The maximum Gasteiger partial charge on any atom is -0.0593 e. The van der Waals surface area contributed by atoms with Crippen LogP contribution >= 0.6 is 0 Å². The van der Waals surface area contributed by atoms with Gasteiger partial charge in [-0.05, 0) is 0 Å². The van der Waals surface area contributed by atoms with E-state index in [2.05, 4.69) is 44.5 Å². The standard InChI is InChI=1S/C10H14B/c1-2-3-9-11-10-7-5-4-6-8-10/h4-8H,2-3,9H2,1H3/q-1. The van der Waals surface area contributed by atoms with Crippen LogP contribution in [0.2, 0.25) is 6.32 Å². The molecule has 11 heavy (non-hydrogen) atoms. The minimum atomic E-state index is 1.21. The van der Waals surface area contributed by atoms with Crippen LogP contribution in [0.3, 0.4) is 0 Å². The third kappa shape index (κ3) is 3.27. The Bertz CT molecular complexity index is 181. The van der Waals surface area contributed by atoms with E-state index in [1.165, 1.54) is 24.6 Å². The molecular weight excluding hydrogens is 131 g/mol. The molecule has 1 rings (SSSR count). The average Bonchev–Trinajstić information content (AvgIpc) is 2.07. The van der Waals surface area contributed by atoms with Crippen molar-refractivity contribution in [2.75, 3.05) is 0 Å². The minimum Gasteiger partial charge on any atom is -0.297 e. The van der Waals surface area contributed by atoms with Gasteiger partial charge in [0.15, 0.2) is 0 Å². The zero-order chi connectivity index (χ0) is 7.94. The second kappa shape index (κ2) is 5.00. The van der Waals surface area contributed by atoms with E-state index in [9.17, 15) is 0 Å². The van der Waals surface area contributed by atoms with Crippen LogP contribution in [0.15, 0.2) is 30.3 Å². The lowest BCUT2D eigenvalue weighted by Crippen LogP contribution is -2.11. The van der Waals surface area contributed by atoms with Gasteiger partial charge in [0.05, 0.1) is 0 Å². The Kier molecular flexibility index (Phi) is 3.81. The molecule has 0 fully saturated rings. The molecule has 0 atom stereocenters. The zero-order valence-corrected chi connectivity index (χ0v) is 7.09. The van der Waals surface area contributed by atoms with E-state index in [1.807, 2.05) is 0 Å². The fourth-order valence-electron chi connectivity index (χ4n) is 1.06. The molecule has 1 heteroatoms. The molecule has 0 saturated heterocycles. The van der Waals surface area contributed by atoms with Crippen LogP contribution in [-0.2, 0) is 0 Å². The molecule has 1 aromatic rings. The predicted octanol–water partition coefficient (Wildman–Crippen LogP) is 2.23. The second-order valence-corrected chi connectivity index (χ2v) is 2.76. The summed E-state index contributed by atoms with van der Waals surface area (Å²) in [5, 5.41) is 0. The van der Waals surface area contributed by atoms with Crippen LogP contribution in [0.1, 0.15) is 19.8 Å². The fraction of sp³-hybridized carbons (Fsp3) is 0.400.